The van der Waals surface area contributed by atoms with Gasteiger partial charge in [0.1, 0.15) is 0 Å². The third-order valence-electron chi connectivity index (χ3n) is 4.84. The number of hydrogen-bond acceptors (Lipinski definition) is 3. The van der Waals surface area contributed by atoms with Crippen LogP contribution in [0, 0.1) is 6.92 Å². The molecule has 1 heterocycles. The van der Waals surface area contributed by atoms with Crippen LogP contribution in [-0.2, 0) is 24.2 Å². The highest BCUT2D eigenvalue weighted by Gasteiger charge is 2.13. The van der Waals surface area contributed by atoms with Gasteiger partial charge in [-0.25, -0.2) is 4.79 Å². The van der Waals surface area contributed by atoms with Gasteiger partial charge in [-0.05, 0) is 30.0 Å². The minimum Gasteiger partial charge on any atom is -0.379 e. The minimum atomic E-state index is -0.121. The summed E-state index contributed by atoms with van der Waals surface area (Å²) in [5.41, 5.74) is 4.91. The van der Waals surface area contributed by atoms with E-state index in [2.05, 4.69) is 64.9 Å². The molecule has 0 aromatic heterocycles. The highest BCUT2D eigenvalue weighted by atomic mass is 16.5. The van der Waals surface area contributed by atoms with E-state index in [9.17, 15) is 4.79 Å². The lowest BCUT2D eigenvalue weighted by molar-refractivity contribution is 0.0341. The van der Waals surface area contributed by atoms with Crippen LogP contribution in [0.2, 0.25) is 0 Å². The highest BCUT2D eigenvalue weighted by molar-refractivity contribution is 5.73. The maximum Gasteiger partial charge on any atom is 0.315 e. The van der Waals surface area contributed by atoms with Gasteiger partial charge in [0.2, 0.25) is 0 Å². The van der Waals surface area contributed by atoms with Crippen LogP contribution in [0.4, 0.5) is 4.79 Å². The van der Waals surface area contributed by atoms with Gasteiger partial charge in [-0.3, -0.25) is 4.90 Å². The summed E-state index contributed by atoms with van der Waals surface area (Å²) in [4.78, 5) is 14.5. The molecule has 0 bridgehead atoms. The maximum atomic E-state index is 12.1. The number of carbonyl (C=O) groups excluding carboxylic acids is 1. The van der Waals surface area contributed by atoms with Crippen LogP contribution >= 0.6 is 0 Å². The number of morpholine rings is 1. The number of urea groups is 1. The smallest absolute Gasteiger partial charge is 0.315 e. The molecule has 0 atom stereocenters. The first-order valence-corrected chi connectivity index (χ1v) is 9.65. The Kier molecular flexibility index (Phi) is 7.25. The molecule has 1 saturated heterocycles. The lowest BCUT2D eigenvalue weighted by Gasteiger charge is -2.27. The van der Waals surface area contributed by atoms with Crippen LogP contribution in [0.25, 0.3) is 0 Å². The summed E-state index contributed by atoms with van der Waals surface area (Å²) in [5.74, 6) is 0. The van der Waals surface area contributed by atoms with Gasteiger partial charge in [-0.1, -0.05) is 54.1 Å². The van der Waals surface area contributed by atoms with Gasteiger partial charge >= 0.3 is 6.03 Å². The van der Waals surface area contributed by atoms with Gasteiger partial charge in [0, 0.05) is 32.7 Å². The van der Waals surface area contributed by atoms with E-state index in [1.165, 1.54) is 16.7 Å². The summed E-state index contributed by atoms with van der Waals surface area (Å²) in [6.07, 6.45) is 0.836. The Bertz CT molecular complexity index is 742. The lowest BCUT2D eigenvalue weighted by Crippen LogP contribution is -2.37. The zero-order valence-electron chi connectivity index (χ0n) is 16.0. The van der Waals surface area contributed by atoms with Crippen molar-refractivity contribution in [2.24, 2.45) is 0 Å². The van der Waals surface area contributed by atoms with Crippen molar-refractivity contribution in [3.05, 3.63) is 70.8 Å². The molecule has 0 aliphatic carbocycles. The van der Waals surface area contributed by atoms with E-state index in [4.69, 9.17) is 4.74 Å². The monoisotopic (exact) mass is 367 g/mol. The largest absolute Gasteiger partial charge is 0.379 e. The van der Waals surface area contributed by atoms with Crippen LogP contribution in [0.3, 0.4) is 0 Å². The molecule has 1 aliphatic heterocycles. The first-order chi connectivity index (χ1) is 13.2. The average Bonchev–Trinajstić information content (AvgIpc) is 2.68. The second kappa shape index (κ2) is 10.1. The molecule has 1 fully saturated rings. The summed E-state index contributed by atoms with van der Waals surface area (Å²) < 4.78 is 5.42. The number of benzene rings is 2. The van der Waals surface area contributed by atoms with E-state index < -0.39 is 0 Å². The number of aryl methyl sites for hydroxylation is 1. The predicted molar refractivity (Wildman–Crippen MR) is 108 cm³/mol. The molecule has 1 aliphatic rings. The van der Waals surface area contributed by atoms with Crippen LogP contribution in [0.1, 0.15) is 22.3 Å². The number of carbonyl (C=O) groups is 1. The molecule has 2 amide bonds. The normalized spacial score (nSPS) is 14.7. The summed E-state index contributed by atoms with van der Waals surface area (Å²) in [5, 5.41) is 5.93. The van der Waals surface area contributed by atoms with Gasteiger partial charge in [0.05, 0.1) is 13.2 Å². The molecule has 5 heteroatoms. The number of nitrogens with zero attached hydrogens (tertiary/aromatic N) is 1. The molecule has 0 saturated carbocycles. The molecule has 2 aromatic carbocycles. The Labute approximate surface area is 161 Å². The first kappa shape index (κ1) is 19.4. The zero-order valence-corrected chi connectivity index (χ0v) is 16.0. The Morgan fingerprint density at radius 3 is 2.59 bits per heavy atom. The van der Waals surface area contributed by atoms with Crippen molar-refractivity contribution in [1.82, 2.24) is 15.5 Å². The van der Waals surface area contributed by atoms with Crippen LogP contribution in [0.15, 0.2) is 48.5 Å². The number of hydrogen-bond donors (Lipinski definition) is 2. The molecule has 2 N–H and O–H groups in total. The van der Waals surface area contributed by atoms with Gasteiger partial charge < -0.3 is 15.4 Å². The molecule has 5 nitrogen and oxygen atoms in total. The molecule has 0 radical (unpaired) electrons. The van der Waals surface area contributed by atoms with Crippen molar-refractivity contribution in [2.45, 2.75) is 26.4 Å². The van der Waals surface area contributed by atoms with Crippen LogP contribution in [0.5, 0.6) is 0 Å². The SMILES string of the molecule is Cc1cccc(CCNC(=O)NCc2ccccc2CN2CCOCC2)c1. The Balaban J connectivity index is 1.44. The van der Waals surface area contributed by atoms with Gasteiger partial charge in [-0.2, -0.15) is 0 Å². The maximum absolute atomic E-state index is 12.1. The zero-order chi connectivity index (χ0) is 18.9. The van der Waals surface area contributed by atoms with Crippen molar-refractivity contribution >= 4 is 6.03 Å². The number of nitrogens with one attached hydrogen (secondary N) is 2. The summed E-state index contributed by atoms with van der Waals surface area (Å²) in [6, 6.07) is 16.6. The molecule has 2 aromatic rings. The number of amides is 2. The molecular weight excluding hydrogens is 338 g/mol. The fourth-order valence-corrected chi connectivity index (χ4v) is 3.31. The Morgan fingerprint density at radius 1 is 1.04 bits per heavy atom. The van der Waals surface area contributed by atoms with Gasteiger partial charge in [0.25, 0.3) is 0 Å². The van der Waals surface area contributed by atoms with Crippen molar-refractivity contribution < 1.29 is 9.53 Å². The first-order valence-electron chi connectivity index (χ1n) is 9.65. The van der Waals surface area contributed by atoms with Gasteiger partial charge in [-0.15, -0.1) is 0 Å². The summed E-state index contributed by atoms with van der Waals surface area (Å²) in [6.45, 7) is 7.66. The molecule has 0 unspecified atom stereocenters. The van der Waals surface area contributed by atoms with E-state index in [0.717, 1.165) is 44.8 Å². The lowest BCUT2D eigenvalue weighted by atomic mass is 10.1. The summed E-state index contributed by atoms with van der Waals surface area (Å²) in [7, 11) is 0. The fraction of sp³-hybridized carbons (Fsp3) is 0.409. The standard InChI is InChI=1S/C22H29N3O2/c1-18-5-4-6-19(15-18)9-10-23-22(26)24-16-20-7-2-3-8-21(20)17-25-11-13-27-14-12-25/h2-8,15H,9-14,16-17H2,1H3,(H2,23,24,26). The topological polar surface area (TPSA) is 53.6 Å². The van der Waals surface area contributed by atoms with Crippen molar-refractivity contribution in [2.75, 3.05) is 32.8 Å². The molecular formula is C22H29N3O2. The number of rotatable bonds is 7. The highest BCUT2D eigenvalue weighted by Crippen LogP contribution is 2.13. The van der Waals surface area contributed by atoms with Crippen molar-refractivity contribution in [3.63, 3.8) is 0 Å². The molecule has 3 rings (SSSR count). The minimum absolute atomic E-state index is 0.121. The third kappa shape index (κ3) is 6.38. The molecule has 144 valence electrons. The molecule has 27 heavy (non-hydrogen) atoms. The van der Waals surface area contributed by atoms with Crippen molar-refractivity contribution in [1.29, 1.82) is 0 Å². The number of ether oxygens (including phenoxy) is 1. The van der Waals surface area contributed by atoms with E-state index in [1.54, 1.807) is 0 Å². The predicted octanol–water partition coefficient (Wildman–Crippen LogP) is 2.87. The second-order valence-electron chi connectivity index (χ2n) is 7.01. The Hall–Kier alpha value is -2.37. The summed E-state index contributed by atoms with van der Waals surface area (Å²) >= 11 is 0. The van der Waals surface area contributed by atoms with Crippen molar-refractivity contribution in [3.8, 4) is 0 Å². The quantitative estimate of drug-likeness (QED) is 0.791. The second-order valence-corrected chi connectivity index (χ2v) is 7.01. The van der Waals surface area contributed by atoms with E-state index in [0.29, 0.717) is 13.1 Å². The third-order valence-corrected chi connectivity index (χ3v) is 4.84. The van der Waals surface area contributed by atoms with E-state index in [-0.39, 0.29) is 6.03 Å². The van der Waals surface area contributed by atoms with E-state index >= 15 is 0 Å². The molecule has 0 spiro atoms. The van der Waals surface area contributed by atoms with Crippen LogP contribution < -0.4 is 10.6 Å². The van der Waals surface area contributed by atoms with Crippen LogP contribution in [-0.4, -0.2) is 43.8 Å². The Morgan fingerprint density at radius 2 is 1.81 bits per heavy atom. The van der Waals surface area contributed by atoms with E-state index in [1.807, 2.05) is 6.07 Å². The fourth-order valence-electron chi connectivity index (χ4n) is 3.31. The van der Waals surface area contributed by atoms with Gasteiger partial charge in [0.15, 0.2) is 0 Å². The average molecular weight is 367 g/mol.